The molecule has 1 aromatic carbocycles. The van der Waals surface area contributed by atoms with Crippen LogP contribution in [0.15, 0.2) is 35.3 Å². The van der Waals surface area contributed by atoms with Crippen LogP contribution in [-0.4, -0.2) is 19.0 Å². The van der Waals surface area contributed by atoms with Crippen LogP contribution in [-0.2, 0) is 0 Å². The summed E-state index contributed by atoms with van der Waals surface area (Å²) in [4.78, 5) is 11.9. The van der Waals surface area contributed by atoms with Crippen LogP contribution in [0.4, 0.5) is 5.69 Å². The minimum absolute atomic E-state index is 0.0928. The Hall–Kier alpha value is -1.29. The Morgan fingerprint density at radius 1 is 1.41 bits per heavy atom. The van der Waals surface area contributed by atoms with Gasteiger partial charge in [-0.1, -0.05) is 41.6 Å². The van der Waals surface area contributed by atoms with Crippen LogP contribution in [0.25, 0.3) is 0 Å². The molecule has 0 fully saturated rings. The molecule has 0 atom stereocenters. The topological polar surface area (TPSA) is 41.1 Å². The van der Waals surface area contributed by atoms with Gasteiger partial charge in [-0.25, -0.2) is 0 Å². The Morgan fingerprint density at radius 3 is 2.76 bits per heavy atom. The summed E-state index contributed by atoms with van der Waals surface area (Å²) in [6.07, 6.45) is 1.02. The van der Waals surface area contributed by atoms with E-state index in [1.165, 1.54) is 0 Å². The summed E-state index contributed by atoms with van der Waals surface area (Å²) >= 11 is 3.21. The number of para-hydroxylation sites is 1. The monoisotopic (exact) mass is 296 g/mol. The second-order valence-corrected chi connectivity index (χ2v) is 4.79. The summed E-state index contributed by atoms with van der Waals surface area (Å²) in [5, 5.41) is 6.03. The van der Waals surface area contributed by atoms with Crippen LogP contribution in [0.3, 0.4) is 0 Å². The first-order valence-electron chi connectivity index (χ1n) is 5.59. The lowest BCUT2D eigenvalue weighted by molar-refractivity contribution is 0.0958. The summed E-state index contributed by atoms with van der Waals surface area (Å²) in [6.45, 7) is 7.05. The lowest BCUT2D eigenvalue weighted by atomic mass is 10.1. The van der Waals surface area contributed by atoms with Gasteiger partial charge in [0.05, 0.1) is 5.56 Å². The van der Waals surface area contributed by atoms with Gasteiger partial charge >= 0.3 is 0 Å². The Bertz CT molecular complexity index is 404. The van der Waals surface area contributed by atoms with Gasteiger partial charge in [-0.3, -0.25) is 4.79 Å². The van der Waals surface area contributed by atoms with E-state index >= 15 is 0 Å². The Morgan fingerprint density at radius 2 is 2.12 bits per heavy atom. The van der Waals surface area contributed by atoms with Gasteiger partial charge in [0.15, 0.2) is 0 Å². The fourth-order valence-corrected chi connectivity index (χ4v) is 1.51. The zero-order valence-corrected chi connectivity index (χ0v) is 11.5. The summed E-state index contributed by atoms with van der Waals surface area (Å²) in [5.74, 6) is -0.0928. The molecule has 0 spiro atoms. The van der Waals surface area contributed by atoms with Crippen molar-refractivity contribution in [1.82, 2.24) is 5.32 Å². The van der Waals surface area contributed by atoms with Crippen molar-refractivity contribution in [1.29, 1.82) is 0 Å². The largest absolute Gasteiger partial charge is 0.384 e. The molecule has 0 aromatic heterocycles. The van der Waals surface area contributed by atoms with Crippen LogP contribution in [0, 0.1) is 0 Å². The minimum atomic E-state index is -0.0928. The van der Waals surface area contributed by atoms with Crippen molar-refractivity contribution in [3.05, 3.63) is 40.9 Å². The number of hydrogen-bond acceptors (Lipinski definition) is 2. The maximum absolute atomic E-state index is 11.9. The minimum Gasteiger partial charge on any atom is -0.384 e. The zero-order chi connectivity index (χ0) is 12.7. The highest BCUT2D eigenvalue weighted by Gasteiger charge is 2.09. The third-order valence-electron chi connectivity index (χ3n) is 2.18. The van der Waals surface area contributed by atoms with E-state index in [1.54, 1.807) is 0 Å². The summed E-state index contributed by atoms with van der Waals surface area (Å²) < 4.78 is 0.754. The Kier molecular flexibility index (Phi) is 5.77. The number of rotatable bonds is 6. The van der Waals surface area contributed by atoms with Crippen molar-refractivity contribution in [2.24, 2.45) is 0 Å². The third kappa shape index (κ3) is 4.61. The molecule has 1 aromatic rings. The lowest BCUT2D eigenvalue weighted by Crippen LogP contribution is -2.25. The van der Waals surface area contributed by atoms with Gasteiger partial charge in [-0.15, -0.1) is 0 Å². The molecule has 17 heavy (non-hydrogen) atoms. The Balaban J connectivity index is 2.74. The van der Waals surface area contributed by atoms with Crippen LogP contribution in [0.2, 0.25) is 0 Å². The number of halogens is 1. The second kappa shape index (κ2) is 7.12. The fourth-order valence-electron chi connectivity index (χ4n) is 1.37. The number of nitrogens with one attached hydrogen (secondary N) is 2. The van der Waals surface area contributed by atoms with Gasteiger partial charge in [-0.05, 0) is 18.6 Å². The lowest BCUT2D eigenvalue weighted by Gasteiger charge is -2.11. The summed E-state index contributed by atoms with van der Waals surface area (Å²) in [6, 6.07) is 7.49. The van der Waals surface area contributed by atoms with Crippen molar-refractivity contribution < 1.29 is 4.79 Å². The highest BCUT2D eigenvalue weighted by Crippen LogP contribution is 2.15. The van der Waals surface area contributed by atoms with E-state index in [1.807, 2.05) is 24.3 Å². The molecule has 0 radical (unpaired) electrons. The number of hydrogen-bond donors (Lipinski definition) is 2. The maximum Gasteiger partial charge on any atom is 0.253 e. The molecule has 3 nitrogen and oxygen atoms in total. The van der Waals surface area contributed by atoms with Crippen molar-refractivity contribution in [2.75, 3.05) is 18.4 Å². The molecule has 1 amide bonds. The van der Waals surface area contributed by atoms with E-state index in [0.29, 0.717) is 12.1 Å². The second-order valence-electron chi connectivity index (χ2n) is 3.67. The standard InChI is InChI=1S/C13H17BrN2O/c1-3-8-15-12-7-5-4-6-11(12)13(17)16-9-10(2)14/h4-7,15H,2-3,8-9H2,1H3,(H,16,17). The van der Waals surface area contributed by atoms with E-state index in [0.717, 1.165) is 23.1 Å². The van der Waals surface area contributed by atoms with E-state index in [2.05, 4.69) is 40.1 Å². The van der Waals surface area contributed by atoms with Gasteiger partial charge in [0.2, 0.25) is 0 Å². The number of anilines is 1. The van der Waals surface area contributed by atoms with Gasteiger partial charge in [0.1, 0.15) is 0 Å². The normalized spacial score (nSPS) is 9.76. The van der Waals surface area contributed by atoms with Gasteiger partial charge < -0.3 is 10.6 Å². The maximum atomic E-state index is 11.9. The summed E-state index contributed by atoms with van der Waals surface area (Å²) in [5.41, 5.74) is 1.53. The van der Waals surface area contributed by atoms with E-state index in [-0.39, 0.29) is 5.91 Å². The van der Waals surface area contributed by atoms with Gasteiger partial charge in [0.25, 0.3) is 5.91 Å². The predicted molar refractivity (Wildman–Crippen MR) is 75.6 cm³/mol. The van der Waals surface area contributed by atoms with E-state index in [4.69, 9.17) is 0 Å². The first kappa shape index (κ1) is 13.8. The average molecular weight is 297 g/mol. The number of carbonyl (C=O) groups excluding carboxylic acids is 1. The highest BCUT2D eigenvalue weighted by molar-refractivity contribution is 9.11. The van der Waals surface area contributed by atoms with Gasteiger partial charge in [0, 0.05) is 23.3 Å². The molecule has 0 aliphatic carbocycles. The van der Waals surface area contributed by atoms with Crippen LogP contribution in [0.1, 0.15) is 23.7 Å². The summed E-state index contributed by atoms with van der Waals surface area (Å²) in [7, 11) is 0. The molecule has 0 saturated carbocycles. The van der Waals surface area contributed by atoms with Crippen molar-refractivity contribution in [2.45, 2.75) is 13.3 Å². The van der Waals surface area contributed by atoms with Crippen molar-refractivity contribution >= 4 is 27.5 Å². The molecule has 2 N–H and O–H groups in total. The zero-order valence-electron chi connectivity index (χ0n) is 9.92. The highest BCUT2D eigenvalue weighted by atomic mass is 79.9. The molecule has 1 rings (SSSR count). The van der Waals surface area contributed by atoms with E-state index < -0.39 is 0 Å². The first-order chi connectivity index (χ1) is 8.15. The van der Waals surface area contributed by atoms with Crippen LogP contribution >= 0.6 is 15.9 Å². The molecule has 0 saturated heterocycles. The van der Waals surface area contributed by atoms with E-state index in [9.17, 15) is 4.79 Å². The molecule has 0 aliphatic heterocycles. The SMILES string of the molecule is C=C(Br)CNC(=O)c1ccccc1NCCC. The molecule has 0 aliphatic rings. The van der Waals surface area contributed by atoms with Crippen LogP contribution < -0.4 is 10.6 Å². The molecular weight excluding hydrogens is 280 g/mol. The predicted octanol–water partition coefficient (Wildman–Crippen LogP) is 3.15. The molecule has 0 heterocycles. The quantitative estimate of drug-likeness (QED) is 0.847. The first-order valence-corrected chi connectivity index (χ1v) is 6.38. The number of amides is 1. The fraction of sp³-hybridized carbons (Fsp3) is 0.308. The van der Waals surface area contributed by atoms with Gasteiger partial charge in [-0.2, -0.15) is 0 Å². The molecule has 0 bridgehead atoms. The number of carbonyl (C=O) groups is 1. The molecule has 0 unspecified atom stereocenters. The third-order valence-corrected chi connectivity index (χ3v) is 2.46. The molecule has 4 heteroatoms. The molecular formula is C13H17BrN2O. The molecule has 92 valence electrons. The van der Waals surface area contributed by atoms with Crippen molar-refractivity contribution in [3.63, 3.8) is 0 Å². The average Bonchev–Trinajstić information content (AvgIpc) is 2.33. The smallest absolute Gasteiger partial charge is 0.253 e. The Labute approximate surface area is 110 Å². The number of benzene rings is 1. The van der Waals surface area contributed by atoms with Crippen molar-refractivity contribution in [3.8, 4) is 0 Å². The van der Waals surface area contributed by atoms with Crippen LogP contribution in [0.5, 0.6) is 0 Å².